The van der Waals surface area contributed by atoms with Crippen LogP contribution >= 0.6 is 15.9 Å². The fourth-order valence-corrected chi connectivity index (χ4v) is 3.89. The summed E-state index contributed by atoms with van der Waals surface area (Å²) in [5.41, 5.74) is 3.64. The molecule has 3 aromatic rings. The summed E-state index contributed by atoms with van der Waals surface area (Å²) >= 11 is 3.43. The molecule has 172 valence electrons. The number of nitrogens with zero attached hydrogens (tertiary/aromatic N) is 2. The quantitative estimate of drug-likeness (QED) is 0.424. The Morgan fingerprint density at radius 1 is 1.27 bits per heavy atom. The minimum Gasteiger partial charge on any atom is -0.442 e. The van der Waals surface area contributed by atoms with Crippen molar-refractivity contribution in [3.63, 3.8) is 0 Å². The Balaban J connectivity index is 1.38. The molecule has 2 heterocycles. The van der Waals surface area contributed by atoms with Gasteiger partial charge in [-0.05, 0) is 45.3 Å². The zero-order chi connectivity index (χ0) is 23.4. The number of aromatic nitrogens is 2. The Labute approximate surface area is 198 Å². The van der Waals surface area contributed by atoms with Crippen LogP contribution in [0.2, 0.25) is 0 Å². The number of aromatic amines is 1. The van der Waals surface area contributed by atoms with E-state index >= 15 is 0 Å². The lowest BCUT2D eigenvalue weighted by atomic mass is 10.0. The lowest BCUT2D eigenvalue weighted by Gasteiger charge is -2.15. The van der Waals surface area contributed by atoms with Gasteiger partial charge in [0.25, 0.3) is 0 Å². The number of cyclic esters (lactones) is 1. The molecule has 1 atom stereocenters. The first-order valence-electron chi connectivity index (χ1n) is 10.4. The average molecular weight is 516 g/mol. The predicted molar refractivity (Wildman–Crippen MR) is 125 cm³/mol. The van der Waals surface area contributed by atoms with E-state index in [0.717, 1.165) is 21.3 Å². The first kappa shape index (κ1) is 22.9. The van der Waals surface area contributed by atoms with Gasteiger partial charge in [0.05, 0.1) is 35.1 Å². The minimum atomic E-state index is -0.559. The second kappa shape index (κ2) is 10.1. The van der Waals surface area contributed by atoms with Crippen LogP contribution in [0.1, 0.15) is 18.2 Å². The highest BCUT2D eigenvalue weighted by Gasteiger charge is 2.32. The van der Waals surface area contributed by atoms with Crippen molar-refractivity contribution in [1.82, 2.24) is 20.8 Å². The summed E-state index contributed by atoms with van der Waals surface area (Å²) in [6, 6.07) is 12.3. The lowest BCUT2D eigenvalue weighted by Crippen LogP contribution is -2.33. The SMILES string of the molecule is CC(=O)NCC1CN(c2ccc(-c3ccc(CNCc4[nH]ncc4Br)cc3)c(F)c2)C(=O)O1. The number of halogens is 2. The monoisotopic (exact) mass is 515 g/mol. The van der Waals surface area contributed by atoms with Gasteiger partial charge < -0.3 is 15.4 Å². The van der Waals surface area contributed by atoms with Crippen molar-refractivity contribution >= 4 is 33.6 Å². The van der Waals surface area contributed by atoms with Gasteiger partial charge in [0.2, 0.25) is 5.91 Å². The Hall–Kier alpha value is -3.24. The number of H-pyrrole nitrogens is 1. The fraction of sp³-hybridized carbons (Fsp3) is 0.261. The van der Waals surface area contributed by atoms with Gasteiger partial charge in [0, 0.05) is 25.6 Å². The third-order valence-electron chi connectivity index (χ3n) is 5.28. The van der Waals surface area contributed by atoms with Crippen molar-refractivity contribution in [3.8, 4) is 11.1 Å². The van der Waals surface area contributed by atoms with Gasteiger partial charge in [-0.25, -0.2) is 9.18 Å². The van der Waals surface area contributed by atoms with E-state index < -0.39 is 18.0 Å². The molecule has 0 bridgehead atoms. The maximum Gasteiger partial charge on any atom is 0.414 e. The second-order valence-electron chi connectivity index (χ2n) is 7.71. The van der Waals surface area contributed by atoms with Crippen LogP contribution in [0, 0.1) is 5.82 Å². The number of benzene rings is 2. The Kier molecular flexibility index (Phi) is 7.05. The van der Waals surface area contributed by atoms with Crippen molar-refractivity contribution < 1.29 is 18.7 Å². The van der Waals surface area contributed by atoms with Crippen molar-refractivity contribution in [2.45, 2.75) is 26.1 Å². The smallest absolute Gasteiger partial charge is 0.414 e. The van der Waals surface area contributed by atoms with Crippen molar-refractivity contribution in [1.29, 1.82) is 0 Å². The van der Waals surface area contributed by atoms with E-state index in [2.05, 4.69) is 36.8 Å². The van der Waals surface area contributed by atoms with Crippen molar-refractivity contribution in [2.24, 2.45) is 0 Å². The van der Waals surface area contributed by atoms with Crippen LogP contribution in [0.3, 0.4) is 0 Å². The first-order valence-corrected chi connectivity index (χ1v) is 11.2. The van der Waals surface area contributed by atoms with E-state index in [4.69, 9.17) is 4.74 Å². The number of amides is 2. The summed E-state index contributed by atoms with van der Waals surface area (Å²) in [6.45, 7) is 3.16. The molecule has 2 aromatic carbocycles. The van der Waals surface area contributed by atoms with Gasteiger partial charge in [-0.15, -0.1) is 0 Å². The molecule has 1 aliphatic rings. The Bertz CT molecular complexity index is 1150. The van der Waals surface area contributed by atoms with Crippen LogP contribution in [0.5, 0.6) is 0 Å². The topological polar surface area (TPSA) is 99.4 Å². The van der Waals surface area contributed by atoms with Crippen LogP contribution in [0.15, 0.2) is 53.1 Å². The fourth-order valence-electron chi connectivity index (χ4n) is 3.56. The zero-order valence-electron chi connectivity index (χ0n) is 17.9. The number of anilines is 1. The van der Waals surface area contributed by atoms with E-state index in [0.29, 0.717) is 24.3 Å². The second-order valence-corrected chi connectivity index (χ2v) is 8.57. The van der Waals surface area contributed by atoms with Crippen LogP contribution in [-0.4, -0.2) is 41.4 Å². The average Bonchev–Trinajstić information content (AvgIpc) is 3.38. The third-order valence-corrected chi connectivity index (χ3v) is 5.96. The number of ether oxygens (including phenoxy) is 1. The molecule has 4 rings (SSSR count). The third kappa shape index (κ3) is 5.58. The van der Waals surface area contributed by atoms with E-state index in [1.165, 1.54) is 17.9 Å². The van der Waals surface area contributed by atoms with Gasteiger partial charge in [-0.1, -0.05) is 24.3 Å². The summed E-state index contributed by atoms with van der Waals surface area (Å²) in [4.78, 5) is 24.6. The molecule has 0 spiro atoms. The molecule has 1 saturated heterocycles. The van der Waals surface area contributed by atoms with E-state index in [-0.39, 0.29) is 19.0 Å². The Morgan fingerprint density at radius 3 is 2.73 bits per heavy atom. The standard InChI is InChI=1S/C23H23BrFN5O3/c1-14(31)27-10-18-13-30(23(32)33-18)17-6-7-19(21(25)8-17)16-4-2-15(3-5-16)9-26-12-22-20(24)11-28-29-22/h2-8,11,18,26H,9-10,12-13H2,1H3,(H,27,31)(H,28,29). The highest BCUT2D eigenvalue weighted by Crippen LogP contribution is 2.29. The maximum absolute atomic E-state index is 14.9. The zero-order valence-corrected chi connectivity index (χ0v) is 19.5. The van der Waals surface area contributed by atoms with Crippen LogP contribution in [0.4, 0.5) is 14.9 Å². The highest BCUT2D eigenvalue weighted by atomic mass is 79.9. The number of carbonyl (C=O) groups is 2. The van der Waals surface area contributed by atoms with E-state index in [1.807, 2.05) is 24.3 Å². The number of hydrogen-bond acceptors (Lipinski definition) is 5. The molecule has 2 amide bonds. The van der Waals surface area contributed by atoms with Gasteiger partial charge in [-0.3, -0.25) is 14.8 Å². The summed E-state index contributed by atoms with van der Waals surface area (Å²) in [6.07, 6.45) is 0.679. The molecule has 1 fully saturated rings. The van der Waals surface area contributed by atoms with Crippen LogP contribution < -0.4 is 15.5 Å². The lowest BCUT2D eigenvalue weighted by molar-refractivity contribution is -0.119. The summed E-state index contributed by atoms with van der Waals surface area (Å²) in [5, 5.41) is 12.8. The largest absolute Gasteiger partial charge is 0.442 e. The molecule has 0 aliphatic carbocycles. The highest BCUT2D eigenvalue weighted by molar-refractivity contribution is 9.10. The Morgan fingerprint density at radius 2 is 2.06 bits per heavy atom. The molecular weight excluding hydrogens is 493 g/mol. The van der Waals surface area contributed by atoms with E-state index in [9.17, 15) is 14.0 Å². The first-order chi connectivity index (χ1) is 15.9. The van der Waals surface area contributed by atoms with Gasteiger partial charge in [0.1, 0.15) is 11.9 Å². The summed E-state index contributed by atoms with van der Waals surface area (Å²) in [7, 11) is 0. The molecule has 1 aliphatic heterocycles. The van der Waals surface area contributed by atoms with Crippen LogP contribution in [0.25, 0.3) is 11.1 Å². The molecule has 0 saturated carbocycles. The van der Waals surface area contributed by atoms with Gasteiger partial charge >= 0.3 is 6.09 Å². The number of hydrogen-bond donors (Lipinski definition) is 3. The number of rotatable bonds is 8. The van der Waals surface area contributed by atoms with E-state index in [1.54, 1.807) is 18.3 Å². The molecule has 3 N–H and O–H groups in total. The van der Waals surface area contributed by atoms with Crippen LogP contribution in [-0.2, 0) is 22.6 Å². The molecule has 1 unspecified atom stereocenters. The maximum atomic E-state index is 14.9. The normalized spacial score (nSPS) is 15.5. The molecule has 10 heteroatoms. The molecule has 33 heavy (non-hydrogen) atoms. The number of carbonyl (C=O) groups excluding carboxylic acids is 2. The minimum absolute atomic E-state index is 0.201. The van der Waals surface area contributed by atoms with Crippen molar-refractivity contribution in [2.75, 3.05) is 18.0 Å². The van der Waals surface area contributed by atoms with Gasteiger partial charge in [0.15, 0.2) is 0 Å². The van der Waals surface area contributed by atoms with Crippen molar-refractivity contribution in [3.05, 3.63) is 70.2 Å². The van der Waals surface area contributed by atoms with Gasteiger partial charge in [-0.2, -0.15) is 5.10 Å². The molecule has 8 nitrogen and oxygen atoms in total. The molecule has 0 radical (unpaired) electrons. The predicted octanol–water partition coefficient (Wildman–Crippen LogP) is 3.73. The molecule has 1 aromatic heterocycles. The summed E-state index contributed by atoms with van der Waals surface area (Å²) in [5.74, 6) is -0.631. The molecular formula is C23H23BrFN5O3. The number of nitrogens with one attached hydrogen (secondary N) is 3. The summed E-state index contributed by atoms with van der Waals surface area (Å²) < 4.78 is 21.1.